The summed E-state index contributed by atoms with van der Waals surface area (Å²) in [5.41, 5.74) is -0.861. The third-order valence-corrected chi connectivity index (χ3v) is 4.60. The summed E-state index contributed by atoms with van der Waals surface area (Å²) in [6, 6.07) is 14.7. The minimum absolute atomic E-state index is 0.0888. The van der Waals surface area contributed by atoms with Crippen molar-refractivity contribution in [2.45, 2.75) is 6.18 Å². The van der Waals surface area contributed by atoms with Crippen molar-refractivity contribution in [2.75, 3.05) is 7.05 Å². The number of hydrogen-bond acceptors (Lipinski definition) is 2. The van der Waals surface area contributed by atoms with Crippen LogP contribution in [0, 0.1) is 0 Å². The zero-order chi connectivity index (χ0) is 18.6. The normalized spacial score (nSPS) is 14.2. The second-order valence-electron chi connectivity index (χ2n) is 6.08. The largest absolute Gasteiger partial charge is 0.417 e. The molecule has 1 heterocycles. The first kappa shape index (κ1) is 16.3. The number of alkyl halides is 3. The van der Waals surface area contributed by atoms with Gasteiger partial charge < -0.3 is 0 Å². The van der Waals surface area contributed by atoms with Crippen LogP contribution in [0.3, 0.4) is 0 Å². The fraction of sp³-hybridized carbons (Fsp3) is 0.100. The number of benzene rings is 3. The van der Waals surface area contributed by atoms with Crippen LogP contribution < -0.4 is 0 Å². The molecule has 0 N–H and O–H groups in total. The number of imide groups is 1. The van der Waals surface area contributed by atoms with Crippen LogP contribution in [0.15, 0.2) is 54.6 Å². The van der Waals surface area contributed by atoms with Gasteiger partial charge in [-0.15, -0.1) is 0 Å². The van der Waals surface area contributed by atoms with E-state index in [0.717, 1.165) is 4.90 Å². The van der Waals surface area contributed by atoms with E-state index in [2.05, 4.69) is 0 Å². The number of fused-ring (bicyclic) bond motifs is 2. The van der Waals surface area contributed by atoms with Gasteiger partial charge in [0.15, 0.2) is 0 Å². The van der Waals surface area contributed by atoms with Gasteiger partial charge in [0.25, 0.3) is 11.8 Å². The van der Waals surface area contributed by atoms with Gasteiger partial charge in [0.2, 0.25) is 0 Å². The molecule has 3 aromatic carbocycles. The Morgan fingerprint density at radius 3 is 1.88 bits per heavy atom. The Balaban J connectivity index is 2.28. The Kier molecular flexibility index (Phi) is 3.41. The van der Waals surface area contributed by atoms with E-state index >= 15 is 0 Å². The van der Waals surface area contributed by atoms with Crippen molar-refractivity contribution in [3.63, 3.8) is 0 Å². The first-order valence-corrected chi connectivity index (χ1v) is 7.86. The summed E-state index contributed by atoms with van der Waals surface area (Å²) >= 11 is 0. The Morgan fingerprint density at radius 1 is 0.731 bits per heavy atom. The van der Waals surface area contributed by atoms with Crippen molar-refractivity contribution in [2.24, 2.45) is 0 Å². The maximum absolute atomic E-state index is 13.9. The molecular formula is C20H12F3NO2. The second-order valence-corrected chi connectivity index (χ2v) is 6.08. The molecule has 0 aliphatic carbocycles. The first-order chi connectivity index (χ1) is 12.3. The second kappa shape index (κ2) is 5.42. The Hall–Kier alpha value is -3.15. The maximum Gasteiger partial charge on any atom is 0.417 e. The minimum atomic E-state index is -4.76. The standard InChI is InChI=1S/C20H12F3NO2/c1-24-18(25)15-14(11-7-3-2-4-8-11)12-9-5-6-10-13(12)17(20(21,22)23)16(15)19(24)26/h2-10H,1H3. The van der Waals surface area contributed by atoms with Crippen molar-refractivity contribution < 1.29 is 22.8 Å². The molecule has 0 fully saturated rings. The van der Waals surface area contributed by atoms with Crippen molar-refractivity contribution >= 4 is 22.6 Å². The predicted molar refractivity (Wildman–Crippen MR) is 90.8 cm³/mol. The van der Waals surface area contributed by atoms with E-state index in [4.69, 9.17) is 0 Å². The molecule has 4 rings (SSSR count). The molecule has 0 unspecified atom stereocenters. The first-order valence-electron chi connectivity index (χ1n) is 7.86. The molecule has 3 nitrogen and oxygen atoms in total. The molecule has 26 heavy (non-hydrogen) atoms. The molecule has 3 aromatic rings. The Bertz CT molecular complexity index is 1070. The summed E-state index contributed by atoms with van der Waals surface area (Å²) in [5.74, 6) is -1.65. The Morgan fingerprint density at radius 2 is 1.27 bits per heavy atom. The monoisotopic (exact) mass is 355 g/mol. The van der Waals surface area contributed by atoms with E-state index < -0.39 is 29.1 Å². The summed E-state index contributed by atoms with van der Waals surface area (Å²) in [4.78, 5) is 25.9. The molecular weight excluding hydrogens is 343 g/mol. The highest BCUT2D eigenvalue weighted by Crippen LogP contribution is 2.46. The van der Waals surface area contributed by atoms with E-state index in [1.54, 1.807) is 42.5 Å². The highest BCUT2D eigenvalue weighted by atomic mass is 19.4. The summed E-state index contributed by atoms with van der Waals surface area (Å²) < 4.78 is 41.6. The molecule has 0 aromatic heterocycles. The van der Waals surface area contributed by atoms with Crippen molar-refractivity contribution in [3.8, 4) is 11.1 Å². The summed E-state index contributed by atoms with van der Waals surface area (Å²) in [6.07, 6.45) is -4.76. The average Bonchev–Trinajstić information content (AvgIpc) is 2.84. The molecule has 6 heteroatoms. The molecule has 2 amide bonds. The molecule has 0 bridgehead atoms. The van der Waals surface area contributed by atoms with Crippen molar-refractivity contribution in [1.29, 1.82) is 0 Å². The lowest BCUT2D eigenvalue weighted by molar-refractivity contribution is -0.136. The molecule has 0 radical (unpaired) electrons. The van der Waals surface area contributed by atoms with Gasteiger partial charge in [-0.25, -0.2) is 0 Å². The predicted octanol–water partition coefficient (Wildman–Crippen LogP) is 4.75. The lowest BCUT2D eigenvalue weighted by atomic mass is 9.86. The van der Waals surface area contributed by atoms with Gasteiger partial charge in [-0.05, 0) is 16.3 Å². The highest BCUT2D eigenvalue weighted by molar-refractivity contribution is 6.28. The van der Waals surface area contributed by atoms with Crippen LogP contribution in [0.4, 0.5) is 13.2 Å². The molecule has 0 atom stereocenters. The molecule has 0 saturated heterocycles. The number of nitrogens with zero attached hydrogens (tertiary/aromatic N) is 1. The van der Waals surface area contributed by atoms with Gasteiger partial charge >= 0.3 is 6.18 Å². The van der Waals surface area contributed by atoms with Crippen LogP contribution in [0.5, 0.6) is 0 Å². The van der Waals surface area contributed by atoms with E-state index in [1.165, 1.54) is 19.2 Å². The van der Waals surface area contributed by atoms with Gasteiger partial charge in [0.1, 0.15) is 0 Å². The summed E-state index contributed by atoms with van der Waals surface area (Å²) in [6.45, 7) is 0. The number of carbonyl (C=O) groups is 2. The van der Waals surface area contributed by atoms with Gasteiger partial charge in [-0.1, -0.05) is 54.6 Å². The third-order valence-electron chi connectivity index (χ3n) is 4.60. The maximum atomic E-state index is 13.9. The van der Waals surface area contributed by atoms with Crippen LogP contribution in [0.25, 0.3) is 21.9 Å². The molecule has 0 saturated carbocycles. The fourth-order valence-electron chi connectivity index (χ4n) is 3.49. The van der Waals surface area contributed by atoms with Gasteiger partial charge in [0, 0.05) is 12.6 Å². The van der Waals surface area contributed by atoms with Crippen LogP contribution in [-0.2, 0) is 6.18 Å². The van der Waals surface area contributed by atoms with Gasteiger partial charge in [-0.3, -0.25) is 14.5 Å². The zero-order valence-electron chi connectivity index (χ0n) is 13.6. The lowest BCUT2D eigenvalue weighted by Crippen LogP contribution is -2.25. The molecule has 0 spiro atoms. The zero-order valence-corrected chi connectivity index (χ0v) is 13.6. The number of carbonyl (C=O) groups excluding carboxylic acids is 2. The lowest BCUT2D eigenvalue weighted by Gasteiger charge is -2.18. The van der Waals surface area contributed by atoms with Crippen LogP contribution in [0.1, 0.15) is 26.3 Å². The van der Waals surface area contributed by atoms with Crippen molar-refractivity contribution in [1.82, 2.24) is 4.90 Å². The topological polar surface area (TPSA) is 37.4 Å². The summed E-state index contributed by atoms with van der Waals surface area (Å²) in [5, 5.41) is 0.204. The van der Waals surface area contributed by atoms with E-state index in [1.807, 2.05) is 0 Å². The van der Waals surface area contributed by atoms with Gasteiger partial charge in [0.05, 0.1) is 16.7 Å². The van der Waals surface area contributed by atoms with Crippen molar-refractivity contribution in [3.05, 3.63) is 71.3 Å². The van der Waals surface area contributed by atoms with Crippen LogP contribution in [0.2, 0.25) is 0 Å². The smallest absolute Gasteiger partial charge is 0.277 e. The van der Waals surface area contributed by atoms with Gasteiger partial charge in [-0.2, -0.15) is 13.2 Å². The highest BCUT2D eigenvalue weighted by Gasteiger charge is 2.46. The quantitative estimate of drug-likeness (QED) is 0.591. The third kappa shape index (κ3) is 2.15. The van der Waals surface area contributed by atoms with E-state index in [0.29, 0.717) is 16.5 Å². The number of rotatable bonds is 1. The van der Waals surface area contributed by atoms with Crippen LogP contribution >= 0.6 is 0 Å². The minimum Gasteiger partial charge on any atom is -0.277 e. The Labute approximate surface area is 146 Å². The number of hydrogen-bond donors (Lipinski definition) is 0. The van der Waals surface area contributed by atoms with E-state index in [9.17, 15) is 22.8 Å². The number of amides is 2. The van der Waals surface area contributed by atoms with E-state index in [-0.39, 0.29) is 10.9 Å². The molecule has 1 aliphatic heterocycles. The fourth-order valence-corrected chi connectivity index (χ4v) is 3.49. The summed E-state index contributed by atoms with van der Waals surface area (Å²) in [7, 11) is 1.20. The molecule has 130 valence electrons. The van der Waals surface area contributed by atoms with Crippen LogP contribution in [-0.4, -0.2) is 23.8 Å². The SMILES string of the molecule is CN1C(=O)c2c(c(C(F)(F)F)c3ccccc3c2-c2ccccc2)C1=O. The average molecular weight is 355 g/mol. The number of halogens is 3. The molecule has 1 aliphatic rings.